The van der Waals surface area contributed by atoms with Crippen molar-refractivity contribution in [2.75, 3.05) is 0 Å². The quantitative estimate of drug-likeness (QED) is 0.596. The van der Waals surface area contributed by atoms with Crippen molar-refractivity contribution in [1.82, 2.24) is 4.98 Å². The summed E-state index contributed by atoms with van der Waals surface area (Å²) in [4.78, 5) is 17.0. The standard InChI is InChI=1S/C18H21NOS/c1-5-15-6-8-16(9-7-15)18(20)14(4)21-17-11-12(2)10-13(3)19-17/h6-11,14H,5H2,1-4H3. The van der Waals surface area contributed by atoms with Gasteiger partial charge in [0.1, 0.15) is 0 Å². The minimum absolute atomic E-state index is 0.133. The van der Waals surface area contributed by atoms with Crippen LogP contribution < -0.4 is 0 Å². The second-order valence-corrected chi connectivity index (χ2v) is 6.66. The van der Waals surface area contributed by atoms with Crippen molar-refractivity contribution in [2.24, 2.45) is 0 Å². The summed E-state index contributed by atoms with van der Waals surface area (Å²) in [6.07, 6.45) is 0.991. The topological polar surface area (TPSA) is 30.0 Å². The van der Waals surface area contributed by atoms with E-state index in [-0.39, 0.29) is 11.0 Å². The first-order chi connectivity index (χ1) is 9.99. The summed E-state index contributed by atoms with van der Waals surface area (Å²) < 4.78 is 0. The average Bonchev–Trinajstić information content (AvgIpc) is 2.45. The molecule has 1 aromatic heterocycles. The van der Waals surface area contributed by atoms with E-state index in [2.05, 4.69) is 18.8 Å². The van der Waals surface area contributed by atoms with Crippen LogP contribution in [-0.2, 0) is 6.42 Å². The van der Waals surface area contributed by atoms with Crippen LogP contribution in [0.5, 0.6) is 0 Å². The number of nitrogens with zero attached hydrogens (tertiary/aromatic N) is 1. The first-order valence-corrected chi connectivity index (χ1v) is 8.12. The fourth-order valence-electron chi connectivity index (χ4n) is 2.24. The summed E-state index contributed by atoms with van der Waals surface area (Å²) in [5, 5.41) is 0.782. The highest BCUT2D eigenvalue weighted by molar-refractivity contribution is 8.00. The van der Waals surface area contributed by atoms with E-state index >= 15 is 0 Å². The molecule has 1 aromatic carbocycles. The lowest BCUT2D eigenvalue weighted by Crippen LogP contribution is -2.13. The highest BCUT2D eigenvalue weighted by Crippen LogP contribution is 2.25. The lowest BCUT2D eigenvalue weighted by Gasteiger charge is -2.11. The lowest BCUT2D eigenvalue weighted by molar-refractivity contribution is 0.0994. The number of aromatic nitrogens is 1. The van der Waals surface area contributed by atoms with Crippen molar-refractivity contribution < 1.29 is 4.79 Å². The molecule has 0 N–H and O–H groups in total. The summed E-state index contributed by atoms with van der Waals surface area (Å²) in [5.41, 5.74) is 4.20. The molecular weight excluding hydrogens is 278 g/mol. The molecule has 21 heavy (non-hydrogen) atoms. The molecule has 0 radical (unpaired) electrons. The van der Waals surface area contributed by atoms with E-state index in [1.54, 1.807) is 0 Å². The van der Waals surface area contributed by atoms with Gasteiger partial charge in [-0.1, -0.05) is 43.0 Å². The predicted molar refractivity (Wildman–Crippen MR) is 89.2 cm³/mol. The van der Waals surface area contributed by atoms with Crippen LogP contribution in [0.1, 0.15) is 41.0 Å². The molecule has 1 heterocycles. The van der Waals surface area contributed by atoms with Gasteiger partial charge < -0.3 is 0 Å². The number of hydrogen-bond donors (Lipinski definition) is 0. The van der Waals surface area contributed by atoms with Crippen molar-refractivity contribution >= 4 is 17.5 Å². The van der Waals surface area contributed by atoms with Gasteiger partial charge >= 0.3 is 0 Å². The first kappa shape index (κ1) is 15.8. The molecule has 0 spiro atoms. The van der Waals surface area contributed by atoms with E-state index in [1.807, 2.05) is 50.2 Å². The Morgan fingerprint density at radius 1 is 1.19 bits per heavy atom. The van der Waals surface area contributed by atoms with Gasteiger partial charge in [0.25, 0.3) is 0 Å². The maximum Gasteiger partial charge on any atom is 0.175 e. The summed E-state index contributed by atoms with van der Waals surface area (Å²) in [6.45, 7) is 8.09. The fourth-order valence-corrected chi connectivity index (χ4v) is 3.29. The normalized spacial score (nSPS) is 12.2. The van der Waals surface area contributed by atoms with Gasteiger partial charge in [-0.05, 0) is 50.5 Å². The third-order valence-corrected chi connectivity index (χ3v) is 4.41. The van der Waals surface area contributed by atoms with Crippen molar-refractivity contribution in [1.29, 1.82) is 0 Å². The molecule has 0 saturated heterocycles. The Kier molecular flexibility index (Phi) is 5.18. The van der Waals surface area contributed by atoms with Crippen LogP contribution in [0.15, 0.2) is 41.4 Å². The number of pyridine rings is 1. The zero-order valence-corrected chi connectivity index (χ0v) is 13.8. The van der Waals surface area contributed by atoms with Gasteiger partial charge in [-0.25, -0.2) is 4.98 Å². The smallest absolute Gasteiger partial charge is 0.175 e. The van der Waals surface area contributed by atoms with E-state index in [0.29, 0.717) is 0 Å². The van der Waals surface area contributed by atoms with Crippen LogP contribution in [0.3, 0.4) is 0 Å². The molecule has 0 fully saturated rings. The summed E-state index contributed by atoms with van der Waals surface area (Å²) in [7, 11) is 0. The number of carbonyl (C=O) groups is 1. The second kappa shape index (κ2) is 6.90. The van der Waals surface area contributed by atoms with Crippen LogP contribution in [0.2, 0.25) is 0 Å². The Hall–Kier alpha value is -1.61. The molecule has 0 bridgehead atoms. The van der Waals surface area contributed by atoms with Gasteiger partial charge in [0.15, 0.2) is 5.78 Å². The van der Waals surface area contributed by atoms with Crippen molar-refractivity contribution in [3.05, 3.63) is 58.8 Å². The van der Waals surface area contributed by atoms with Gasteiger partial charge in [-0.2, -0.15) is 0 Å². The molecule has 2 aromatic rings. The average molecular weight is 299 g/mol. The molecule has 110 valence electrons. The minimum Gasteiger partial charge on any atom is -0.293 e. The van der Waals surface area contributed by atoms with Crippen LogP contribution in [0.25, 0.3) is 0 Å². The van der Waals surface area contributed by atoms with Crippen LogP contribution in [0, 0.1) is 13.8 Å². The van der Waals surface area contributed by atoms with Gasteiger partial charge in [-0.3, -0.25) is 4.79 Å². The Morgan fingerprint density at radius 3 is 2.43 bits per heavy atom. The van der Waals surface area contributed by atoms with Crippen molar-refractivity contribution in [3.8, 4) is 0 Å². The molecule has 3 heteroatoms. The van der Waals surface area contributed by atoms with E-state index in [9.17, 15) is 4.79 Å². The summed E-state index contributed by atoms with van der Waals surface area (Å²) in [5.74, 6) is 0.156. The van der Waals surface area contributed by atoms with E-state index in [1.165, 1.54) is 22.9 Å². The van der Waals surface area contributed by atoms with Crippen LogP contribution in [0.4, 0.5) is 0 Å². The number of ketones is 1. The summed E-state index contributed by atoms with van der Waals surface area (Å²) in [6, 6.07) is 12.0. The molecule has 2 nitrogen and oxygen atoms in total. The Morgan fingerprint density at radius 2 is 1.86 bits per heavy atom. The molecule has 0 aliphatic carbocycles. The van der Waals surface area contributed by atoms with E-state index in [0.717, 1.165) is 22.7 Å². The minimum atomic E-state index is -0.133. The highest BCUT2D eigenvalue weighted by atomic mass is 32.2. The number of aryl methyl sites for hydroxylation is 3. The van der Waals surface area contributed by atoms with Crippen LogP contribution in [-0.4, -0.2) is 16.0 Å². The predicted octanol–water partition coefficient (Wildman–Crippen LogP) is 4.62. The number of rotatable bonds is 5. The van der Waals surface area contributed by atoms with Crippen molar-refractivity contribution in [3.63, 3.8) is 0 Å². The zero-order chi connectivity index (χ0) is 15.4. The maximum atomic E-state index is 12.5. The van der Waals surface area contributed by atoms with E-state index < -0.39 is 0 Å². The molecular formula is C18H21NOS. The number of carbonyl (C=O) groups excluding carboxylic acids is 1. The summed E-state index contributed by atoms with van der Waals surface area (Å²) >= 11 is 1.52. The molecule has 0 amide bonds. The number of Topliss-reactive ketones (excluding diaryl/α,β-unsaturated/α-hetero) is 1. The fraction of sp³-hybridized carbons (Fsp3) is 0.333. The Balaban J connectivity index is 2.11. The number of thioether (sulfide) groups is 1. The Labute approximate surface area is 131 Å². The SMILES string of the molecule is CCc1ccc(C(=O)C(C)Sc2cc(C)cc(C)n2)cc1. The highest BCUT2D eigenvalue weighted by Gasteiger charge is 2.17. The molecule has 1 unspecified atom stereocenters. The largest absolute Gasteiger partial charge is 0.293 e. The van der Waals surface area contributed by atoms with Crippen LogP contribution >= 0.6 is 11.8 Å². The first-order valence-electron chi connectivity index (χ1n) is 7.24. The second-order valence-electron chi connectivity index (χ2n) is 5.30. The van der Waals surface area contributed by atoms with Gasteiger partial charge in [0.2, 0.25) is 0 Å². The third kappa shape index (κ3) is 4.18. The van der Waals surface area contributed by atoms with Gasteiger partial charge in [0.05, 0.1) is 10.3 Å². The van der Waals surface area contributed by atoms with Gasteiger partial charge in [0, 0.05) is 11.3 Å². The number of hydrogen-bond acceptors (Lipinski definition) is 3. The Bertz CT molecular complexity index is 614. The lowest BCUT2D eigenvalue weighted by atomic mass is 10.1. The number of benzene rings is 1. The van der Waals surface area contributed by atoms with E-state index in [4.69, 9.17) is 0 Å². The maximum absolute atomic E-state index is 12.5. The molecule has 0 aliphatic heterocycles. The molecule has 0 aliphatic rings. The molecule has 0 saturated carbocycles. The van der Waals surface area contributed by atoms with Crippen molar-refractivity contribution in [2.45, 2.75) is 44.4 Å². The van der Waals surface area contributed by atoms with Gasteiger partial charge in [-0.15, -0.1) is 0 Å². The molecule has 1 atom stereocenters. The zero-order valence-electron chi connectivity index (χ0n) is 13.0. The third-order valence-electron chi connectivity index (χ3n) is 3.39. The monoisotopic (exact) mass is 299 g/mol. The molecule has 2 rings (SSSR count).